The summed E-state index contributed by atoms with van der Waals surface area (Å²) in [6, 6.07) is 8.45. The van der Waals surface area contributed by atoms with Gasteiger partial charge in [-0.15, -0.1) is 11.6 Å². The highest BCUT2D eigenvalue weighted by Gasteiger charge is 2.30. The average molecular weight is 276 g/mol. The SMILES string of the molecule is ClC1(c2ccccc2N2CCOCC2)C=CC=CC1. The predicted octanol–water partition coefficient (Wildman–Crippen LogP) is 3.47. The molecule has 0 bridgehead atoms. The van der Waals surface area contributed by atoms with Crippen molar-refractivity contribution in [1.29, 1.82) is 0 Å². The van der Waals surface area contributed by atoms with Gasteiger partial charge in [0.25, 0.3) is 0 Å². The first-order valence-corrected chi connectivity index (χ1v) is 7.13. The van der Waals surface area contributed by atoms with Crippen LogP contribution in [-0.4, -0.2) is 26.3 Å². The third-order valence-corrected chi connectivity index (χ3v) is 4.21. The molecule has 0 aromatic heterocycles. The molecule has 3 heteroatoms. The first-order chi connectivity index (χ1) is 9.30. The van der Waals surface area contributed by atoms with E-state index in [4.69, 9.17) is 16.3 Å². The number of halogens is 1. The van der Waals surface area contributed by atoms with Crippen molar-refractivity contribution in [2.45, 2.75) is 11.3 Å². The van der Waals surface area contributed by atoms with Crippen LogP contribution in [0.1, 0.15) is 12.0 Å². The summed E-state index contributed by atoms with van der Waals surface area (Å²) < 4.78 is 5.43. The number of hydrogen-bond donors (Lipinski definition) is 0. The van der Waals surface area contributed by atoms with Crippen LogP contribution in [0.3, 0.4) is 0 Å². The van der Waals surface area contributed by atoms with Gasteiger partial charge in [0.15, 0.2) is 0 Å². The molecule has 2 aliphatic rings. The third-order valence-electron chi connectivity index (χ3n) is 3.73. The van der Waals surface area contributed by atoms with Gasteiger partial charge < -0.3 is 9.64 Å². The lowest BCUT2D eigenvalue weighted by Gasteiger charge is -2.34. The molecule has 1 unspecified atom stereocenters. The van der Waals surface area contributed by atoms with E-state index in [1.807, 2.05) is 6.08 Å². The Morgan fingerprint density at radius 2 is 1.89 bits per heavy atom. The van der Waals surface area contributed by atoms with E-state index in [1.54, 1.807) is 0 Å². The molecule has 1 atom stereocenters. The van der Waals surface area contributed by atoms with Crippen molar-refractivity contribution in [3.8, 4) is 0 Å². The molecule has 1 aromatic rings. The Kier molecular flexibility index (Phi) is 3.63. The number of morpholine rings is 1. The van der Waals surface area contributed by atoms with E-state index in [0.29, 0.717) is 0 Å². The Bertz CT molecular complexity index is 505. The van der Waals surface area contributed by atoms with Gasteiger partial charge >= 0.3 is 0 Å². The lowest BCUT2D eigenvalue weighted by atomic mass is 9.90. The predicted molar refractivity (Wildman–Crippen MR) is 79.9 cm³/mol. The van der Waals surface area contributed by atoms with Gasteiger partial charge in [0.05, 0.1) is 18.1 Å². The first kappa shape index (κ1) is 12.8. The molecule has 3 rings (SSSR count). The zero-order valence-electron chi connectivity index (χ0n) is 10.9. The van der Waals surface area contributed by atoms with E-state index >= 15 is 0 Å². The van der Waals surface area contributed by atoms with Crippen LogP contribution in [0.5, 0.6) is 0 Å². The molecule has 1 saturated heterocycles. The summed E-state index contributed by atoms with van der Waals surface area (Å²) in [5.74, 6) is 0. The summed E-state index contributed by atoms with van der Waals surface area (Å²) in [6.45, 7) is 3.45. The van der Waals surface area contributed by atoms with Gasteiger partial charge in [0.1, 0.15) is 0 Å². The van der Waals surface area contributed by atoms with Gasteiger partial charge in [-0.25, -0.2) is 0 Å². The highest BCUT2D eigenvalue weighted by atomic mass is 35.5. The van der Waals surface area contributed by atoms with E-state index in [0.717, 1.165) is 32.7 Å². The van der Waals surface area contributed by atoms with Crippen molar-refractivity contribution < 1.29 is 4.74 Å². The Hall–Kier alpha value is -1.25. The van der Waals surface area contributed by atoms with E-state index in [-0.39, 0.29) is 0 Å². The van der Waals surface area contributed by atoms with E-state index in [2.05, 4.69) is 47.4 Å². The second kappa shape index (κ2) is 5.40. The Morgan fingerprint density at radius 1 is 1.11 bits per heavy atom. The normalized spacial score (nSPS) is 26.7. The van der Waals surface area contributed by atoms with Crippen molar-refractivity contribution in [2.24, 2.45) is 0 Å². The molecule has 2 nitrogen and oxygen atoms in total. The summed E-state index contributed by atoms with van der Waals surface area (Å²) in [5.41, 5.74) is 2.43. The second-order valence-electron chi connectivity index (χ2n) is 4.97. The molecule has 0 amide bonds. The van der Waals surface area contributed by atoms with Crippen molar-refractivity contribution in [3.63, 3.8) is 0 Å². The maximum Gasteiger partial charge on any atom is 0.0932 e. The van der Waals surface area contributed by atoms with Crippen LogP contribution < -0.4 is 4.90 Å². The summed E-state index contributed by atoms with van der Waals surface area (Å²) in [7, 11) is 0. The van der Waals surface area contributed by atoms with E-state index in [9.17, 15) is 0 Å². The fourth-order valence-corrected chi connectivity index (χ4v) is 3.02. The quantitative estimate of drug-likeness (QED) is 0.767. The number of para-hydroxylation sites is 1. The number of anilines is 1. The number of alkyl halides is 1. The van der Waals surface area contributed by atoms with Crippen molar-refractivity contribution in [3.05, 3.63) is 54.1 Å². The highest BCUT2D eigenvalue weighted by molar-refractivity contribution is 6.26. The molecule has 100 valence electrons. The molecule has 1 fully saturated rings. The van der Waals surface area contributed by atoms with Gasteiger partial charge in [0, 0.05) is 24.3 Å². The van der Waals surface area contributed by atoms with Gasteiger partial charge in [-0.1, -0.05) is 42.5 Å². The molecule has 1 aromatic carbocycles. The van der Waals surface area contributed by atoms with Gasteiger partial charge in [-0.05, 0) is 12.5 Å². The van der Waals surface area contributed by atoms with Crippen LogP contribution in [0.4, 0.5) is 5.69 Å². The number of ether oxygens (including phenoxy) is 1. The average Bonchev–Trinajstić information content (AvgIpc) is 2.49. The minimum absolute atomic E-state index is 0.413. The van der Waals surface area contributed by atoms with E-state index in [1.165, 1.54) is 11.3 Å². The maximum atomic E-state index is 6.83. The Morgan fingerprint density at radius 3 is 2.63 bits per heavy atom. The number of hydrogen-bond acceptors (Lipinski definition) is 2. The molecule has 0 radical (unpaired) electrons. The Labute approximate surface area is 119 Å². The lowest BCUT2D eigenvalue weighted by molar-refractivity contribution is 0.122. The fraction of sp³-hybridized carbons (Fsp3) is 0.375. The molecule has 0 N–H and O–H groups in total. The Balaban J connectivity index is 1.97. The van der Waals surface area contributed by atoms with Crippen LogP contribution in [0.2, 0.25) is 0 Å². The fourth-order valence-electron chi connectivity index (χ4n) is 2.70. The summed E-state index contributed by atoms with van der Waals surface area (Å²) >= 11 is 6.83. The third kappa shape index (κ3) is 2.56. The topological polar surface area (TPSA) is 12.5 Å². The largest absolute Gasteiger partial charge is 0.378 e. The molecule has 19 heavy (non-hydrogen) atoms. The van der Waals surface area contributed by atoms with Crippen LogP contribution in [0.25, 0.3) is 0 Å². The number of rotatable bonds is 2. The summed E-state index contributed by atoms with van der Waals surface area (Å²) in [6.07, 6.45) is 9.15. The van der Waals surface area contributed by atoms with E-state index < -0.39 is 4.87 Å². The summed E-state index contributed by atoms with van der Waals surface area (Å²) in [4.78, 5) is 1.96. The number of allylic oxidation sites excluding steroid dienone is 4. The van der Waals surface area contributed by atoms with Crippen LogP contribution in [0, 0.1) is 0 Å². The van der Waals surface area contributed by atoms with Crippen LogP contribution in [0.15, 0.2) is 48.6 Å². The molecule has 1 heterocycles. The van der Waals surface area contributed by atoms with Gasteiger partial charge in [-0.2, -0.15) is 0 Å². The van der Waals surface area contributed by atoms with Gasteiger partial charge in [-0.3, -0.25) is 0 Å². The molecular weight excluding hydrogens is 258 g/mol. The van der Waals surface area contributed by atoms with Gasteiger partial charge in [0.2, 0.25) is 0 Å². The number of benzene rings is 1. The minimum Gasteiger partial charge on any atom is -0.378 e. The molecule has 0 saturated carbocycles. The zero-order valence-corrected chi connectivity index (χ0v) is 11.6. The van der Waals surface area contributed by atoms with Crippen molar-refractivity contribution in [1.82, 2.24) is 0 Å². The molecule has 1 aliphatic heterocycles. The summed E-state index contributed by atoms with van der Waals surface area (Å²) in [5, 5.41) is 0. The first-order valence-electron chi connectivity index (χ1n) is 6.75. The minimum atomic E-state index is -0.413. The zero-order chi connectivity index (χ0) is 13.1. The molecule has 1 aliphatic carbocycles. The highest BCUT2D eigenvalue weighted by Crippen LogP contribution is 2.41. The number of nitrogens with zero attached hydrogens (tertiary/aromatic N) is 1. The lowest BCUT2D eigenvalue weighted by Crippen LogP contribution is -2.37. The maximum absolute atomic E-state index is 6.83. The smallest absolute Gasteiger partial charge is 0.0932 e. The molecule has 0 spiro atoms. The second-order valence-corrected chi connectivity index (χ2v) is 5.64. The van der Waals surface area contributed by atoms with Crippen molar-refractivity contribution in [2.75, 3.05) is 31.2 Å². The standard InChI is InChI=1S/C16H18ClNO/c17-16(8-4-1-5-9-16)14-6-2-3-7-15(14)18-10-12-19-13-11-18/h1-8H,9-13H2. The molecular formula is C16H18ClNO. The van der Waals surface area contributed by atoms with Crippen LogP contribution >= 0.6 is 11.6 Å². The van der Waals surface area contributed by atoms with Crippen LogP contribution in [-0.2, 0) is 9.61 Å². The monoisotopic (exact) mass is 275 g/mol. The van der Waals surface area contributed by atoms with Crippen molar-refractivity contribution >= 4 is 17.3 Å².